The number of carbonyl (C=O) groups excluding carboxylic acids is 1. The minimum atomic E-state index is -0.173. The number of aryl methyl sites for hydroxylation is 1. The molecule has 1 saturated heterocycles. The lowest BCUT2D eigenvalue weighted by molar-refractivity contribution is 0.0946. The Morgan fingerprint density at radius 3 is 2.74 bits per heavy atom. The van der Waals surface area contributed by atoms with Crippen LogP contribution < -0.4 is 10.2 Å². The Kier molecular flexibility index (Phi) is 5.18. The zero-order valence-corrected chi connectivity index (χ0v) is 13.2. The van der Waals surface area contributed by atoms with Crippen LogP contribution in [-0.4, -0.2) is 45.3 Å². The van der Waals surface area contributed by atoms with Crippen molar-refractivity contribution in [1.82, 2.24) is 25.1 Å². The molecule has 1 N–H and O–H groups in total. The van der Waals surface area contributed by atoms with Gasteiger partial charge in [-0.25, -0.2) is 4.98 Å². The molecule has 0 unspecified atom stereocenters. The number of piperidine rings is 1. The zero-order chi connectivity index (χ0) is 15.9. The highest BCUT2D eigenvalue weighted by molar-refractivity contribution is 5.92. The zero-order valence-electron chi connectivity index (χ0n) is 13.2. The number of aromatic nitrogens is 4. The Balaban J connectivity index is 1.45. The van der Waals surface area contributed by atoms with Gasteiger partial charge in [-0.1, -0.05) is 0 Å². The first-order chi connectivity index (χ1) is 11.3. The predicted octanol–water partition coefficient (Wildman–Crippen LogP) is 1.48. The lowest BCUT2D eigenvalue weighted by Gasteiger charge is -2.27. The normalized spacial score (nSPS) is 14.7. The fourth-order valence-corrected chi connectivity index (χ4v) is 2.71. The van der Waals surface area contributed by atoms with E-state index in [0.29, 0.717) is 12.2 Å². The second-order valence-corrected chi connectivity index (χ2v) is 5.73. The second-order valence-electron chi connectivity index (χ2n) is 5.73. The van der Waals surface area contributed by atoms with Gasteiger partial charge < -0.3 is 14.8 Å². The van der Waals surface area contributed by atoms with Crippen molar-refractivity contribution in [2.24, 2.45) is 0 Å². The van der Waals surface area contributed by atoms with Gasteiger partial charge in [-0.05, 0) is 37.8 Å². The Morgan fingerprint density at radius 2 is 2.04 bits per heavy atom. The molecule has 1 fully saturated rings. The number of nitrogens with one attached hydrogen (secondary N) is 1. The first kappa shape index (κ1) is 15.5. The van der Waals surface area contributed by atoms with Crippen LogP contribution in [-0.2, 0) is 6.54 Å². The molecule has 1 amide bonds. The van der Waals surface area contributed by atoms with Crippen molar-refractivity contribution < 1.29 is 4.79 Å². The van der Waals surface area contributed by atoms with E-state index in [1.165, 1.54) is 19.3 Å². The standard InChI is InChI=1S/C16H22N6O/c23-16(18-7-4-9-21-12-8-17-13-21)14-5-6-15(20-19-14)22-10-2-1-3-11-22/h5-6,8,12-13H,1-4,7,9-11H2,(H,18,23). The number of carbonyl (C=O) groups is 1. The van der Waals surface area contributed by atoms with Crippen molar-refractivity contribution in [1.29, 1.82) is 0 Å². The molecule has 1 aliphatic heterocycles. The van der Waals surface area contributed by atoms with Crippen LogP contribution in [0, 0.1) is 0 Å². The minimum Gasteiger partial charge on any atom is -0.355 e. The molecule has 0 spiro atoms. The van der Waals surface area contributed by atoms with Crippen LogP contribution in [0.15, 0.2) is 30.9 Å². The summed E-state index contributed by atoms with van der Waals surface area (Å²) in [5.74, 6) is 0.690. The summed E-state index contributed by atoms with van der Waals surface area (Å²) in [6.07, 6.45) is 9.95. The van der Waals surface area contributed by atoms with Crippen molar-refractivity contribution in [3.63, 3.8) is 0 Å². The van der Waals surface area contributed by atoms with Crippen LogP contribution in [0.25, 0.3) is 0 Å². The van der Waals surface area contributed by atoms with E-state index in [0.717, 1.165) is 31.9 Å². The van der Waals surface area contributed by atoms with Gasteiger partial charge in [0.1, 0.15) is 0 Å². The highest BCUT2D eigenvalue weighted by Crippen LogP contribution is 2.16. The van der Waals surface area contributed by atoms with E-state index in [9.17, 15) is 4.79 Å². The molecule has 0 saturated carbocycles. The fraction of sp³-hybridized carbons (Fsp3) is 0.500. The number of hydrogen-bond donors (Lipinski definition) is 1. The summed E-state index contributed by atoms with van der Waals surface area (Å²) in [4.78, 5) is 18.3. The quantitative estimate of drug-likeness (QED) is 0.817. The van der Waals surface area contributed by atoms with Crippen molar-refractivity contribution in [2.75, 3.05) is 24.5 Å². The van der Waals surface area contributed by atoms with Crippen LogP contribution in [0.1, 0.15) is 36.2 Å². The third kappa shape index (κ3) is 4.28. The smallest absolute Gasteiger partial charge is 0.271 e. The summed E-state index contributed by atoms with van der Waals surface area (Å²) >= 11 is 0. The summed E-state index contributed by atoms with van der Waals surface area (Å²) < 4.78 is 1.99. The topological polar surface area (TPSA) is 75.9 Å². The van der Waals surface area contributed by atoms with E-state index in [-0.39, 0.29) is 5.91 Å². The van der Waals surface area contributed by atoms with Gasteiger partial charge in [0.25, 0.3) is 5.91 Å². The molecule has 1 aliphatic rings. The maximum Gasteiger partial charge on any atom is 0.271 e. The van der Waals surface area contributed by atoms with E-state index in [2.05, 4.69) is 25.4 Å². The van der Waals surface area contributed by atoms with Crippen molar-refractivity contribution in [2.45, 2.75) is 32.2 Å². The summed E-state index contributed by atoms with van der Waals surface area (Å²) in [6, 6.07) is 3.64. The molecule has 3 heterocycles. The van der Waals surface area contributed by atoms with Gasteiger partial charge in [0, 0.05) is 38.6 Å². The van der Waals surface area contributed by atoms with Crippen molar-refractivity contribution >= 4 is 11.7 Å². The largest absolute Gasteiger partial charge is 0.355 e. The Morgan fingerprint density at radius 1 is 1.17 bits per heavy atom. The summed E-state index contributed by atoms with van der Waals surface area (Å²) in [6.45, 7) is 3.48. The Bertz CT molecular complexity index is 604. The SMILES string of the molecule is O=C(NCCCn1ccnc1)c1ccc(N2CCCCC2)nn1. The molecule has 7 nitrogen and oxygen atoms in total. The van der Waals surface area contributed by atoms with Crippen molar-refractivity contribution in [3.8, 4) is 0 Å². The number of anilines is 1. The average Bonchev–Trinajstić information content (AvgIpc) is 3.13. The summed E-state index contributed by atoms with van der Waals surface area (Å²) in [7, 11) is 0. The maximum atomic E-state index is 12.0. The van der Waals surface area contributed by atoms with Gasteiger partial charge in [-0.3, -0.25) is 4.79 Å². The molecule has 0 bridgehead atoms. The molecule has 23 heavy (non-hydrogen) atoms. The molecule has 0 atom stereocenters. The number of hydrogen-bond acceptors (Lipinski definition) is 5. The molecule has 2 aromatic heterocycles. The van der Waals surface area contributed by atoms with Gasteiger partial charge in [0.05, 0.1) is 6.33 Å². The van der Waals surface area contributed by atoms with Gasteiger partial charge in [0.15, 0.2) is 11.5 Å². The van der Waals surface area contributed by atoms with Crippen LogP contribution in [0.5, 0.6) is 0 Å². The number of nitrogens with zero attached hydrogens (tertiary/aromatic N) is 5. The monoisotopic (exact) mass is 314 g/mol. The minimum absolute atomic E-state index is 0.173. The summed E-state index contributed by atoms with van der Waals surface area (Å²) in [5.41, 5.74) is 0.369. The van der Waals surface area contributed by atoms with Crippen LogP contribution >= 0.6 is 0 Å². The molecule has 2 aromatic rings. The van der Waals surface area contributed by atoms with Crippen molar-refractivity contribution in [3.05, 3.63) is 36.5 Å². The molecule has 0 aromatic carbocycles. The highest BCUT2D eigenvalue weighted by atomic mass is 16.1. The molecular formula is C16H22N6O. The van der Waals surface area contributed by atoms with Crippen LogP contribution in [0.2, 0.25) is 0 Å². The van der Waals surface area contributed by atoms with E-state index >= 15 is 0 Å². The second kappa shape index (κ2) is 7.71. The van der Waals surface area contributed by atoms with Gasteiger partial charge >= 0.3 is 0 Å². The third-order valence-corrected chi connectivity index (χ3v) is 4.00. The maximum absolute atomic E-state index is 12.0. The molecular weight excluding hydrogens is 292 g/mol. The first-order valence-corrected chi connectivity index (χ1v) is 8.15. The molecule has 7 heteroatoms. The highest BCUT2D eigenvalue weighted by Gasteiger charge is 2.14. The van der Waals surface area contributed by atoms with Gasteiger partial charge in [-0.2, -0.15) is 0 Å². The molecule has 3 rings (SSSR count). The predicted molar refractivity (Wildman–Crippen MR) is 87.3 cm³/mol. The van der Waals surface area contributed by atoms with Gasteiger partial charge in [0.2, 0.25) is 0 Å². The lowest BCUT2D eigenvalue weighted by atomic mass is 10.1. The van der Waals surface area contributed by atoms with Gasteiger partial charge in [-0.15, -0.1) is 10.2 Å². The number of rotatable bonds is 6. The molecule has 0 aliphatic carbocycles. The third-order valence-electron chi connectivity index (χ3n) is 4.00. The van der Waals surface area contributed by atoms with E-state index < -0.39 is 0 Å². The summed E-state index contributed by atoms with van der Waals surface area (Å²) in [5, 5.41) is 11.1. The Hall–Kier alpha value is -2.44. The Labute approximate surface area is 135 Å². The van der Waals surface area contributed by atoms with Crippen LogP contribution in [0.3, 0.4) is 0 Å². The first-order valence-electron chi connectivity index (χ1n) is 8.15. The van der Waals surface area contributed by atoms with E-state index in [4.69, 9.17) is 0 Å². The van der Waals surface area contributed by atoms with E-state index in [1.807, 2.05) is 16.8 Å². The lowest BCUT2D eigenvalue weighted by Crippen LogP contribution is -2.31. The van der Waals surface area contributed by atoms with Crippen LogP contribution in [0.4, 0.5) is 5.82 Å². The number of amides is 1. The molecule has 122 valence electrons. The molecule has 0 radical (unpaired) electrons. The van der Waals surface area contributed by atoms with E-state index in [1.54, 1.807) is 18.6 Å². The number of imidazole rings is 1. The fourth-order valence-electron chi connectivity index (χ4n) is 2.71. The average molecular weight is 314 g/mol.